The maximum Gasteiger partial charge on any atom is 0.138 e. The van der Waals surface area contributed by atoms with Gasteiger partial charge in [0.2, 0.25) is 0 Å². The van der Waals surface area contributed by atoms with Crippen molar-refractivity contribution < 1.29 is 4.74 Å². The molecule has 0 bridgehead atoms. The Balaban J connectivity index is 1.43. The molecule has 0 atom stereocenters. The van der Waals surface area contributed by atoms with Crippen LogP contribution in [0, 0.1) is 20.8 Å². The molecule has 4 rings (SSSR count). The number of allylic oxidation sites excluding steroid dienone is 1. The number of nitrogen functional groups attached to an aromatic ring is 1. The van der Waals surface area contributed by atoms with Gasteiger partial charge in [0.05, 0.1) is 5.52 Å². The summed E-state index contributed by atoms with van der Waals surface area (Å²) in [4.78, 5) is 8.63. The zero-order valence-corrected chi connectivity index (χ0v) is 19.7. The molecule has 0 saturated heterocycles. The lowest BCUT2D eigenvalue weighted by atomic mass is 9.96. The van der Waals surface area contributed by atoms with Crippen molar-refractivity contribution in [2.75, 3.05) is 5.73 Å². The molecule has 0 amide bonds. The van der Waals surface area contributed by atoms with Gasteiger partial charge in [0.1, 0.15) is 24.0 Å². The Morgan fingerprint density at radius 1 is 1.06 bits per heavy atom. The lowest BCUT2D eigenvalue weighted by Gasteiger charge is -2.16. The number of ether oxygens (including phenoxy) is 1. The Morgan fingerprint density at radius 3 is 2.68 bits per heavy atom. The van der Waals surface area contributed by atoms with Crippen molar-refractivity contribution in [1.82, 2.24) is 15.3 Å². The SMILES string of the molecule is Cc1cnc2ccc(COC(/C=C(\N)NCc3c(C)cc4c(N)nccc4c3C)=C/N)cc2c1. The van der Waals surface area contributed by atoms with Gasteiger partial charge in [-0.25, -0.2) is 4.98 Å². The first-order valence-corrected chi connectivity index (χ1v) is 11.1. The van der Waals surface area contributed by atoms with E-state index in [0.29, 0.717) is 30.5 Å². The standard InChI is InChI=1S/C27H30N6O/c1-16-8-20-10-19(4-5-25(20)32-13-16)15-34-21(12-28)11-26(29)33-14-24-17(2)9-23-22(18(24)3)6-7-31-27(23)30/h4-13,33H,14-15,28-29H2,1-3H3,(H2,30,31)/b21-12+,26-11+. The highest BCUT2D eigenvalue weighted by molar-refractivity contribution is 5.94. The van der Waals surface area contributed by atoms with Crippen molar-refractivity contribution in [1.29, 1.82) is 0 Å². The largest absolute Gasteiger partial charge is 0.487 e. The molecule has 34 heavy (non-hydrogen) atoms. The molecule has 0 aliphatic carbocycles. The maximum absolute atomic E-state index is 6.23. The van der Waals surface area contributed by atoms with E-state index in [1.165, 1.54) is 6.20 Å². The number of nitrogens with one attached hydrogen (secondary N) is 1. The number of rotatable bonds is 7. The Labute approximate surface area is 199 Å². The smallest absolute Gasteiger partial charge is 0.138 e. The summed E-state index contributed by atoms with van der Waals surface area (Å²) in [5, 5.41) is 6.39. The predicted molar refractivity (Wildman–Crippen MR) is 138 cm³/mol. The van der Waals surface area contributed by atoms with Crippen LogP contribution in [0.1, 0.15) is 27.8 Å². The molecule has 174 valence electrons. The van der Waals surface area contributed by atoms with Crippen LogP contribution in [0.15, 0.2) is 72.6 Å². The number of nitrogens with two attached hydrogens (primary N) is 3. The summed E-state index contributed by atoms with van der Waals surface area (Å²) < 4.78 is 5.90. The lowest BCUT2D eigenvalue weighted by molar-refractivity contribution is 0.210. The fraction of sp³-hybridized carbons (Fsp3) is 0.185. The van der Waals surface area contributed by atoms with Crippen LogP contribution in [0.5, 0.6) is 0 Å². The number of pyridine rings is 2. The van der Waals surface area contributed by atoms with Gasteiger partial charge < -0.3 is 27.3 Å². The Morgan fingerprint density at radius 2 is 1.88 bits per heavy atom. The average Bonchev–Trinajstić information content (AvgIpc) is 2.82. The molecule has 7 N–H and O–H groups in total. The number of hydrogen-bond donors (Lipinski definition) is 4. The van der Waals surface area contributed by atoms with Crippen LogP contribution in [-0.2, 0) is 17.9 Å². The normalized spacial score (nSPS) is 12.3. The summed E-state index contributed by atoms with van der Waals surface area (Å²) in [6.07, 6.45) is 6.69. The van der Waals surface area contributed by atoms with Crippen molar-refractivity contribution in [2.45, 2.75) is 33.9 Å². The molecule has 0 aliphatic rings. The number of hydrogen-bond acceptors (Lipinski definition) is 7. The highest BCUT2D eigenvalue weighted by Crippen LogP contribution is 2.28. The molecule has 2 aromatic heterocycles. The molecule has 0 aliphatic heterocycles. The van der Waals surface area contributed by atoms with Crippen molar-refractivity contribution in [3.05, 3.63) is 100 Å². The van der Waals surface area contributed by atoms with Gasteiger partial charge in [0.25, 0.3) is 0 Å². The molecule has 7 nitrogen and oxygen atoms in total. The summed E-state index contributed by atoms with van der Waals surface area (Å²) >= 11 is 0. The number of nitrogens with zero attached hydrogens (tertiary/aromatic N) is 2. The Bertz CT molecular complexity index is 1420. The summed E-state index contributed by atoms with van der Waals surface area (Å²) in [5.74, 6) is 1.48. The van der Waals surface area contributed by atoms with Crippen LogP contribution in [0.2, 0.25) is 0 Å². The Kier molecular flexibility index (Phi) is 6.54. The first kappa shape index (κ1) is 22.9. The number of aromatic nitrogens is 2. The zero-order valence-electron chi connectivity index (χ0n) is 19.7. The van der Waals surface area contributed by atoms with Crippen molar-refractivity contribution in [3.63, 3.8) is 0 Å². The number of fused-ring (bicyclic) bond motifs is 2. The molecule has 0 saturated carbocycles. The van der Waals surface area contributed by atoms with Crippen molar-refractivity contribution in [3.8, 4) is 0 Å². The molecule has 0 spiro atoms. The molecule has 2 heterocycles. The fourth-order valence-electron chi connectivity index (χ4n) is 4.08. The second-order valence-electron chi connectivity index (χ2n) is 8.44. The van der Waals surface area contributed by atoms with Gasteiger partial charge in [-0.05, 0) is 84.3 Å². The van der Waals surface area contributed by atoms with Crippen LogP contribution >= 0.6 is 0 Å². The van der Waals surface area contributed by atoms with Crippen molar-refractivity contribution in [2.24, 2.45) is 11.5 Å². The average molecular weight is 455 g/mol. The molecular weight excluding hydrogens is 424 g/mol. The summed E-state index contributed by atoms with van der Waals surface area (Å²) in [7, 11) is 0. The van der Waals surface area contributed by atoms with Crippen LogP contribution < -0.4 is 22.5 Å². The minimum Gasteiger partial charge on any atom is -0.487 e. The van der Waals surface area contributed by atoms with Crippen LogP contribution in [0.3, 0.4) is 0 Å². The minimum absolute atomic E-state index is 0.370. The molecule has 4 aromatic rings. The van der Waals surface area contributed by atoms with Gasteiger partial charge in [-0.1, -0.05) is 6.07 Å². The van der Waals surface area contributed by atoms with E-state index >= 15 is 0 Å². The highest BCUT2D eigenvalue weighted by Gasteiger charge is 2.10. The topological polar surface area (TPSA) is 125 Å². The summed E-state index contributed by atoms with van der Waals surface area (Å²) in [6.45, 7) is 7.10. The quantitative estimate of drug-likeness (QED) is 0.244. The van der Waals surface area contributed by atoms with E-state index in [2.05, 4.69) is 47.3 Å². The van der Waals surface area contributed by atoms with E-state index < -0.39 is 0 Å². The third-order valence-electron chi connectivity index (χ3n) is 5.93. The van der Waals surface area contributed by atoms with Gasteiger partial charge in [-0.2, -0.15) is 0 Å². The van der Waals surface area contributed by atoms with Gasteiger partial charge in [0.15, 0.2) is 0 Å². The highest BCUT2D eigenvalue weighted by atomic mass is 16.5. The van der Waals surface area contributed by atoms with Gasteiger partial charge in [-0.3, -0.25) is 4.98 Å². The first-order valence-electron chi connectivity index (χ1n) is 11.1. The molecule has 2 aromatic carbocycles. The second kappa shape index (κ2) is 9.70. The third-order valence-corrected chi connectivity index (χ3v) is 5.93. The predicted octanol–water partition coefficient (Wildman–Crippen LogP) is 4.20. The van der Waals surface area contributed by atoms with Crippen LogP contribution in [-0.4, -0.2) is 9.97 Å². The number of anilines is 1. The zero-order chi connectivity index (χ0) is 24.2. The van der Waals surface area contributed by atoms with E-state index in [0.717, 1.165) is 49.5 Å². The van der Waals surface area contributed by atoms with E-state index in [1.807, 2.05) is 31.3 Å². The van der Waals surface area contributed by atoms with Gasteiger partial charge in [0, 0.05) is 42.0 Å². The molecular formula is C27H30N6O. The van der Waals surface area contributed by atoms with Gasteiger partial charge in [-0.15, -0.1) is 0 Å². The molecule has 0 unspecified atom stereocenters. The van der Waals surface area contributed by atoms with E-state index in [4.69, 9.17) is 21.9 Å². The lowest BCUT2D eigenvalue weighted by Crippen LogP contribution is -2.21. The minimum atomic E-state index is 0.370. The third kappa shape index (κ3) is 4.88. The molecule has 0 fully saturated rings. The second-order valence-corrected chi connectivity index (χ2v) is 8.44. The van der Waals surface area contributed by atoms with Crippen molar-refractivity contribution >= 4 is 27.5 Å². The van der Waals surface area contributed by atoms with E-state index in [1.54, 1.807) is 12.3 Å². The first-order chi connectivity index (χ1) is 16.4. The molecule has 0 radical (unpaired) electrons. The Hall–Kier alpha value is -4.26. The van der Waals surface area contributed by atoms with E-state index in [9.17, 15) is 0 Å². The summed E-state index contributed by atoms with van der Waals surface area (Å²) in [5.41, 5.74) is 24.6. The number of benzene rings is 2. The maximum atomic E-state index is 6.23. The fourth-order valence-corrected chi connectivity index (χ4v) is 4.08. The molecule has 7 heteroatoms. The van der Waals surface area contributed by atoms with Crippen LogP contribution in [0.4, 0.5) is 5.82 Å². The van der Waals surface area contributed by atoms with E-state index in [-0.39, 0.29) is 0 Å². The monoisotopic (exact) mass is 454 g/mol. The van der Waals surface area contributed by atoms with Crippen LogP contribution in [0.25, 0.3) is 21.7 Å². The number of aryl methyl sites for hydroxylation is 3. The van der Waals surface area contributed by atoms with Gasteiger partial charge >= 0.3 is 0 Å². The summed E-state index contributed by atoms with van der Waals surface area (Å²) in [6, 6.07) is 12.2.